The Morgan fingerprint density at radius 3 is 2.16 bits per heavy atom. The molecular weight excluding hydrogens is 482 g/mol. The number of phenols is 1. The highest BCUT2D eigenvalue weighted by Gasteiger charge is 2.40. The van der Waals surface area contributed by atoms with Gasteiger partial charge in [-0.25, -0.2) is 4.79 Å². The number of para-hydroxylation sites is 1. The highest BCUT2D eigenvalue weighted by Crippen LogP contribution is 2.34. The van der Waals surface area contributed by atoms with E-state index in [2.05, 4.69) is 10.6 Å². The minimum Gasteiger partial charge on any atom is -0.507 e. The number of aromatic hydroxyl groups is 1. The second-order valence-electron chi connectivity index (χ2n) is 11.0. The molecule has 0 aliphatic rings. The van der Waals surface area contributed by atoms with E-state index in [0.717, 1.165) is 5.56 Å². The zero-order valence-corrected chi connectivity index (χ0v) is 23.9. The van der Waals surface area contributed by atoms with Crippen LogP contribution in [0.15, 0.2) is 48.5 Å². The van der Waals surface area contributed by atoms with Gasteiger partial charge in [0.05, 0.1) is 0 Å². The molecule has 2 aromatic carbocycles. The van der Waals surface area contributed by atoms with Crippen LogP contribution in [0.2, 0.25) is 0 Å². The summed E-state index contributed by atoms with van der Waals surface area (Å²) in [5.41, 5.74) is 1.00. The summed E-state index contributed by atoms with van der Waals surface area (Å²) in [6, 6.07) is 11.8. The van der Waals surface area contributed by atoms with E-state index < -0.39 is 35.6 Å². The first-order chi connectivity index (χ1) is 17.7. The first-order valence-electron chi connectivity index (χ1n) is 13.2. The van der Waals surface area contributed by atoms with Gasteiger partial charge in [0, 0.05) is 24.1 Å². The van der Waals surface area contributed by atoms with E-state index in [1.54, 1.807) is 45.9 Å². The number of ether oxygens (including phenoxy) is 1. The van der Waals surface area contributed by atoms with Gasteiger partial charge in [0.15, 0.2) is 0 Å². The number of carbonyl (C=O) groups is 3. The first-order valence-corrected chi connectivity index (χ1v) is 13.2. The Hall–Kier alpha value is -3.55. The van der Waals surface area contributed by atoms with Crippen LogP contribution in [0, 0.1) is 6.92 Å². The molecule has 8 heteroatoms. The van der Waals surface area contributed by atoms with Crippen molar-refractivity contribution in [2.75, 3.05) is 0 Å². The van der Waals surface area contributed by atoms with Crippen LogP contribution in [-0.2, 0) is 20.7 Å². The summed E-state index contributed by atoms with van der Waals surface area (Å²) in [6.45, 7) is 14.4. The summed E-state index contributed by atoms with van der Waals surface area (Å²) in [5.74, 6) is -0.902. The minimum atomic E-state index is -1.11. The number of carbonyl (C=O) groups excluding carboxylic acids is 3. The average Bonchev–Trinajstić information content (AvgIpc) is 2.82. The van der Waals surface area contributed by atoms with Crippen LogP contribution in [0.25, 0.3) is 0 Å². The maximum atomic E-state index is 14.3. The fourth-order valence-corrected chi connectivity index (χ4v) is 4.16. The molecule has 8 nitrogen and oxygen atoms in total. The molecule has 3 unspecified atom stereocenters. The summed E-state index contributed by atoms with van der Waals surface area (Å²) in [7, 11) is 0. The maximum Gasteiger partial charge on any atom is 0.408 e. The van der Waals surface area contributed by atoms with Crippen LogP contribution in [0.4, 0.5) is 4.79 Å². The Balaban J connectivity index is 2.63. The monoisotopic (exact) mass is 525 g/mol. The van der Waals surface area contributed by atoms with E-state index in [9.17, 15) is 19.5 Å². The molecule has 0 saturated heterocycles. The SMILES string of the molecule is CCC(C)N(C(=O)C(Cc1ccccc1)NC(=O)OC(C)(C)C)C(C(=O)NC(C)C)c1cccc(C)c1O. The van der Waals surface area contributed by atoms with E-state index in [-0.39, 0.29) is 24.3 Å². The lowest BCUT2D eigenvalue weighted by atomic mass is 9.96. The van der Waals surface area contributed by atoms with Gasteiger partial charge in [0.1, 0.15) is 23.4 Å². The minimum absolute atomic E-state index is 0.0442. The van der Waals surface area contributed by atoms with E-state index in [4.69, 9.17) is 4.74 Å². The van der Waals surface area contributed by atoms with Crippen LogP contribution in [0.5, 0.6) is 5.75 Å². The molecule has 0 saturated carbocycles. The second-order valence-corrected chi connectivity index (χ2v) is 11.0. The normalized spacial score (nSPS) is 13.8. The molecule has 0 spiro atoms. The highest BCUT2D eigenvalue weighted by molar-refractivity contribution is 5.93. The third kappa shape index (κ3) is 8.50. The molecule has 208 valence electrons. The van der Waals surface area contributed by atoms with Gasteiger partial charge in [-0.15, -0.1) is 0 Å². The van der Waals surface area contributed by atoms with Gasteiger partial charge in [-0.1, -0.05) is 55.5 Å². The number of nitrogens with one attached hydrogen (secondary N) is 2. The Labute approximate surface area is 226 Å². The number of nitrogens with zero attached hydrogens (tertiary/aromatic N) is 1. The molecule has 2 aromatic rings. The number of aryl methyl sites for hydroxylation is 1. The zero-order chi connectivity index (χ0) is 28.6. The van der Waals surface area contributed by atoms with Gasteiger partial charge >= 0.3 is 6.09 Å². The van der Waals surface area contributed by atoms with Gasteiger partial charge in [-0.05, 0) is 66.0 Å². The van der Waals surface area contributed by atoms with Crippen molar-refractivity contribution in [1.29, 1.82) is 0 Å². The molecule has 0 bridgehead atoms. The molecule has 0 fully saturated rings. The van der Waals surface area contributed by atoms with Crippen molar-refractivity contribution < 1.29 is 24.2 Å². The van der Waals surface area contributed by atoms with Gasteiger partial charge in [-0.2, -0.15) is 0 Å². The lowest BCUT2D eigenvalue weighted by Crippen LogP contribution is -2.56. The predicted octanol–water partition coefficient (Wildman–Crippen LogP) is 5.03. The third-order valence-corrected chi connectivity index (χ3v) is 6.11. The highest BCUT2D eigenvalue weighted by atomic mass is 16.6. The van der Waals surface area contributed by atoms with Crippen LogP contribution in [0.3, 0.4) is 0 Å². The molecule has 3 amide bonds. The molecular formula is C30H43N3O5. The van der Waals surface area contributed by atoms with Crippen LogP contribution >= 0.6 is 0 Å². The Kier molecular flexibility index (Phi) is 10.7. The molecule has 0 aliphatic heterocycles. The smallest absolute Gasteiger partial charge is 0.408 e. The predicted molar refractivity (Wildman–Crippen MR) is 149 cm³/mol. The van der Waals surface area contributed by atoms with Gasteiger partial charge in [-0.3, -0.25) is 9.59 Å². The lowest BCUT2D eigenvalue weighted by molar-refractivity contribution is -0.145. The number of benzene rings is 2. The van der Waals surface area contributed by atoms with Crippen molar-refractivity contribution in [3.63, 3.8) is 0 Å². The molecule has 0 aromatic heterocycles. The molecule has 0 heterocycles. The number of alkyl carbamates (subject to hydrolysis) is 1. The van der Waals surface area contributed by atoms with Crippen LogP contribution in [0.1, 0.15) is 77.6 Å². The number of hydrogen-bond acceptors (Lipinski definition) is 5. The Morgan fingerprint density at radius 1 is 0.974 bits per heavy atom. The average molecular weight is 526 g/mol. The largest absolute Gasteiger partial charge is 0.507 e. The molecule has 3 N–H and O–H groups in total. The molecule has 0 radical (unpaired) electrons. The lowest BCUT2D eigenvalue weighted by Gasteiger charge is -2.38. The summed E-state index contributed by atoms with van der Waals surface area (Å²) < 4.78 is 5.46. The summed E-state index contributed by atoms with van der Waals surface area (Å²) >= 11 is 0. The van der Waals surface area contributed by atoms with Crippen LogP contribution < -0.4 is 10.6 Å². The van der Waals surface area contributed by atoms with Crippen molar-refractivity contribution in [2.24, 2.45) is 0 Å². The van der Waals surface area contributed by atoms with Crippen molar-refractivity contribution in [3.05, 3.63) is 65.2 Å². The van der Waals surface area contributed by atoms with Crippen molar-refractivity contribution in [1.82, 2.24) is 15.5 Å². The third-order valence-electron chi connectivity index (χ3n) is 6.11. The van der Waals surface area contributed by atoms with E-state index in [1.807, 2.05) is 58.0 Å². The quantitative estimate of drug-likeness (QED) is 0.403. The van der Waals surface area contributed by atoms with Crippen molar-refractivity contribution >= 4 is 17.9 Å². The Morgan fingerprint density at radius 2 is 1.61 bits per heavy atom. The standard InChI is InChI=1S/C30H43N3O5/c1-9-21(5)33(25(27(35)31-19(2)3)23-17-13-14-20(4)26(23)34)28(36)24(18-22-15-11-10-12-16-22)32-29(37)38-30(6,7)8/h10-17,19,21,24-25,34H,9,18H2,1-8H3,(H,31,35)(H,32,37). The first kappa shape index (κ1) is 30.7. The van der Waals surface area contributed by atoms with Gasteiger partial charge in [0.25, 0.3) is 0 Å². The van der Waals surface area contributed by atoms with E-state index >= 15 is 0 Å². The number of phenolic OH excluding ortho intramolecular Hbond substituents is 1. The number of hydrogen-bond donors (Lipinski definition) is 3. The van der Waals surface area contributed by atoms with E-state index in [1.165, 1.54) is 4.90 Å². The topological polar surface area (TPSA) is 108 Å². The Bertz CT molecular complexity index is 1090. The molecule has 2 rings (SSSR count). The summed E-state index contributed by atoms with van der Waals surface area (Å²) in [4.78, 5) is 42.3. The summed E-state index contributed by atoms with van der Waals surface area (Å²) in [5, 5.41) is 16.6. The molecule has 3 atom stereocenters. The number of amides is 3. The maximum absolute atomic E-state index is 14.3. The molecule has 38 heavy (non-hydrogen) atoms. The zero-order valence-electron chi connectivity index (χ0n) is 23.9. The molecule has 0 aliphatic carbocycles. The summed E-state index contributed by atoms with van der Waals surface area (Å²) in [6.07, 6.45) is 0.0239. The number of rotatable bonds is 10. The van der Waals surface area contributed by atoms with Gasteiger partial charge in [0.2, 0.25) is 11.8 Å². The van der Waals surface area contributed by atoms with Gasteiger partial charge < -0.3 is 25.4 Å². The van der Waals surface area contributed by atoms with Crippen molar-refractivity contribution in [3.8, 4) is 5.75 Å². The fraction of sp³-hybridized carbons (Fsp3) is 0.500. The fourth-order valence-electron chi connectivity index (χ4n) is 4.16. The van der Waals surface area contributed by atoms with Crippen molar-refractivity contribution in [2.45, 2.75) is 98.0 Å². The second kappa shape index (κ2) is 13.3. The van der Waals surface area contributed by atoms with E-state index in [0.29, 0.717) is 17.5 Å². The van der Waals surface area contributed by atoms with Crippen LogP contribution in [-0.4, -0.2) is 51.6 Å².